The lowest BCUT2D eigenvalue weighted by atomic mass is 10.1. The maximum atomic E-state index is 7.24. The van der Waals surface area contributed by atoms with E-state index in [1.807, 2.05) is 0 Å². The van der Waals surface area contributed by atoms with Gasteiger partial charge in [0, 0.05) is 6.42 Å². The second kappa shape index (κ2) is 9.46. The van der Waals surface area contributed by atoms with Crippen LogP contribution in [0, 0.1) is 17.2 Å². The normalized spacial score (nSPS) is 11.7. The van der Waals surface area contributed by atoms with E-state index >= 15 is 0 Å². The van der Waals surface area contributed by atoms with Crippen molar-refractivity contribution in [3.8, 4) is 0 Å². The molecule has 0 aliphatic carbocycles. The van der Waals surface area contributed by atoms with E-state index in [1.165, 1.54) is 25.9 Å². The number of nitrogens with two attached hydrogens (primary N) is 1. The van der Waals surface area contributed by atoms with Crippen LogP contribution in [0.1, 0.15) is 53.4 Å². The predicted molar refractivity (Wildman–Crippen MR) is 76.5 cm³/mol. The molecule has 3 nitrogen and oxygen atoms in total. The quantitative estimate of drug-likeness (QED) is 0.456. The summed E-state index contributed by atoms with van der Waals surface area (Å²) in [6.45, 7) is 12.5. The largest absolute Gasteiger partial charge is 0.388 e. The van der Waals surface area contributed by atoms with Gasteiger partial charge in [-0.05, 0) is 50.7 Å². The zero-order valence-corrected chi connectivity index (χ0v) is 12.1. The standard InChI is InChI=1S/C14H31N3/c1-12(2)7-10-17(11-8-13(3)4)9-5-6-14(15)16/h12-13H,5-11H2,1-4H3,(H3,15,16). The lowest BCUT2D eigenvalue weighted by Crippen LogP contribution is -2.29. The Morgan fingerprint density at radius 2 is 1.47 bits per heavy atom. The van der Waals surface area contributed by atoms with E-state index in [2.05, 4.69) is 32.6 Å². The average Bonchev–Trinajstić information content (AvgIpc) is 2.20. The molecule has 0 saturated heterocycles. The molecule has 0 atom stereocenters. The van der Waals surface area contributed by atoms with Crippen molar-refractivity contribution in [3.05, 3.63) is 0 Å². The smallest absolute Gasteiger partial charge is 0.0905 e. The van der Waals surface area contributed by atoms with Crippen molar-refractivity contribution in [2.24, 2.45) is 17.6 Å². The highest BCUT2D eigenvalue weighted by Gasteiger charge is 2.07. The molecule has 0 rings (SSSR count). The summed E-state index contributed by atoms with van der Waals surface area (Å²) in [5.74, 6) is 1.85. The minimum atomic E-state index is 0.317. The molecule has 3 N–H and O–H groups in total. The number of hydrogen-bond donors (Lipinski definition) is 2. The van der Waals surface area contributed by atoms with Crippen molar-refractivity contribution in [2.45, 2.75) is 53.4 Å². The first-order valence-corrected chi connectivity index (χ1v) is 6.97. The van der Waals surface area contributed by atoms with Crippen LogP contribution in [0.15, 0.2) is 0 Å². The molecule has 17 heavy (non-hydrogen) atoms. The molecule has 0 aromatic rings. The number of amidine groups is 1. The molecule has 102 valence electrons. The monoisotopic (exact) mass is 241 g/mol. The van der Waals surface area contributed by atoms with Crippen molar-refractivity contribution in [1.82, 2.24) is 4.90 Å². The van der Waals surface area contributed by atoms with Crippen molar-refractivity contribution in [2.75, 3.05) is 19.6 Å². The Balaban J connectivity index is 3.87. The van der Waals surface area contributed by atoms with Gasteiger partial charge in [0.2, 0.25) is 0 Å². The van der Waals surface area contributed by atoms with Crippen LogP contribution in [-0.2, 0) is 0 Å². The molecule has 0 amide bonds. The van der Waals surface area contributed by atoms with Crippen molar-refractivity contribution in [3.63, 3.8) is 0 Å². The molecule has 0 heterocycles. The molecule has 0 unspecified atom stereocenters. The Bertz CT molecular complexity index is 188. The van der Waals surface area contributed by atoms with Gasteiger partial charge >= 0.3 is 0 Å². The Morgan fingerprint density at radius 1 is 1.00 bits per heavy atom. The van der Waals surface area contributed by atoms with Crippen LogP contribution in [-0.4, -0.2) is 30.4 Å². The zero-order chi connectivity index (χ0) is 13.3. The Labute approximate surface area is 107 Å². The second-order valence-electron chi connectivity index (χ2n) is 5.84. The zero-order valence-electron chi connectivity index (χ0n) is 12.1. The van der Waals surface area contributed by atoms with Crippen molar-refractivity contribution < 1.29 is 0 Å². The predicted octanol–water partition coefficient (Wildman–Crippen LogP) is 3.10. The first kappa shape index (κ1) is 16.4. The fourth-order valence-corrected chi connectivity index (χ4v) is 1.71. The van der Waals surface area contributed by atoms with Gasteiger partial charge in [-0.25, -0.2) is 0 Å². The summed E-state index contributed by atoms with van der Waals surface area (Å²) in [4.78, 5) is 2.53. The highest BCUT2D eigenvalue weighted by atomic mass is 15.1. The van der Waals surface area contributed by atoms with Gasteiger partial charge in [0.1, 0.15) is 0 Å². The van der Waals surface area contributed by atoms with Gasteiger partial charge in [0.15, 0.2) is 0 Å². The molecule has 0 aromatic carbocycles. The summed E-state index contributed by atoms with van der Waals surface area (Å²) in [5, 5.41) is 7.24. The molecule has 0 radical (unpaired) electrons. The van der Waals surface area contributed by atoms with Crippen LogP contribution in [0.4, 0.5) is 0 Å². The molecule has 0 fully saturated rings. The van der Waals surface area contributed by atoms with E-state index in [0.29, 0.717) is 5.84 Å². The SMILES string of the molecule is CC(C)CCN(CCCC(=N)N)CCC(C)C. The molecule has 0 spiro atoms. The van der Waals surface area contributed by atoms with Crippen LogP contribution >= 0.6 is 0 Å². The fourth-order valence-electron chi connectivity index (χ4n) is 1.71. The van der Waals surface area contributed by atoms with Crippen LogP contribution in [0.5, 0.6) is 0 Å². The van der Waals surface area contributed by atoms with E-state index < -0.39 is 0 Å². The van der Waals surface area contributed by atoms with Gasteiger partial charge in [0.05, 0.1) is 5.84 Å². The summed E-state index contributed by atoms with van der Waals surface area (Å²) in [5.41, 5.74) is 5.39. The van der Waals surface area contributed by atoms with Crippen LogP contribution in [0.3, 0.4) is 0 Å². The van der Waals surface area contributed by atoms with Gasteiger partial charge in [0.25, 0.3) is 0 Å². The number of nitrogens with zero attached hydrogens (tertiary/aromatic N) is 1. The number of hydrogen-bond acceptors (Lipinski definition) is 2. The van der Waals surface area contributed by atoms with Gasteiger partial charge in [-0.3, -0.25) is 5.41 Å². The van der Waals surface area contributed by atoms with Crippen molar-refractivity contribution >= 4 is 5.84 Å². The molecular formula is C14H31N3. The van der Waals surface area contributed by atoms with E-state index in [1.54, 1.807) is 0 Å². The molecule has 0 aliphatic heterocycles. The van der Waals surface area contributed by atoms with E-state index in [0.717, 1.165) is 31.2 Å². The summed E-state index contributed by atoms with van der Waals surface area (Å²) in [7, 11) is 0. The average molecular weight is 241 g/mol. The van der Waals surface area contributed by atoms with Gasteiger partial charge in [-0.15, -0.1) is 0 Å². The molecule has 0 aliphatic rings. The summed E-state index contributed by atoms with van der Waals surface area (Å²) < 4.78 is 0. The van der Waals surface area contributed by atoms with Gasteiger partial charge in [-0.2, -0.15) is 0 Å². The Kier molecular flexibility index (Phi) is 9.14. The molecule has 0 saturated carbocycles. The Hall–Kier alpha value is -0.570. The molecular weight excluding hydrogens is 210 g/mol. The molecule has 0 bridgehead atoms. The van der Waals surface area contributed by atoms with Crippen LogP contribution < -0.4 is 5.73 Å². The first-order valence-electron chi connectivity index (χ1n) is 6.97. The van der Waals surface area contributed by atoms with Crippen LogP contribution in [0.2, 0.25) is 0 Å². The van der Waals surface area contributed by atoms with Crippen molar-refractivity contribution in [1.29, 1.82) is 5.41 Å². The number of rotatable bonds is 10. The molecule has 0 aromatic heterocycles. The molecule has 3 heteroatoms. The summed E-state index contributed by atoms with van der Waals surface area (Å²) >= 11 is 0. The third kappa shape index (κ3) is 11.7. The number of nitrogens with one attached hydrogen (secondary N) is 1. The highest BCUT2D eigenvalue weighted by molar-refractivity contribution is 5.76. The van der Waals surface area contributed by atoms with E-state index in [4.69, 9.17) is 11.1 Å². The summed E-state index contributed by atoms with van der Waals surface area (Å²) in [6, 6.07) is 0. The second-order valence-corrected chi connectivity index (χ2v) is 5.84. The maximum Gasteiger partial charge on any atom is 0.0905 e. The lowest BCUT2D eigenvalue weighted by Gasteiger charge is -2.24. The van der Waals surface area contributed by atoms with Gasteiger partial charge in [-0.1, -0.05) is 27.7 Å². The Morgan fingerprint density at radius 3 is 1.82 bits per heavy atom. The highest BCUT2D eigenvalue weighted by Crippen LogP contribution is 2.07. The maximum absolute atomic E-state index is 7.24. The van der Waals surface area contributed by atoms with E-state index in [-0.39, 0.29) is 0 Å². The minimum Gasteiger partial charge on any atom is -0.388 e. The van der Waals surface area contributed by atoms with Gasteiger partial charge < -0.3 is 10.6 Å². The third-order valence-corrected chi connectivity index (χ3v) is 2.97. The van der Waals surface area contributed by atoms with E-state index in [9.17, 15) is 0 Å². The van der Waals surface area contributed by atoms with Crippen LogP contribution in [0.25, 0.3) is 0 Å². The fraction of sp³-hybridized carbons (Fsp3) is 0.929. The topological polar surface area (TPSA) is 53.1 Å². The summed E-state index contributed by atoms with van der Waals surface area (Å²) in [6.07, 6.45) is 4.28. The first-order chi connectivity index (χ1) is 7.91. The third-order valence-electron chi connectivity index (χ3n) is 2.97. The minimum absolute atomic E-state index is 0.317. The lowest BCUT2D eigenvalue weighted by molar-refractivity contribution is 0.242.